The zero-order valence-electron chi connectivity index (χ0n) is 11.6. The fourth-order valence-electron chi connectivity index (χ4n) is 2.57. The minimum atomic E-state index is 0.133. The van der Waals surface area contributed by atoms with Gasteiger partial charge in [-0.2, -0.15) is 0 Å². The molecule has 1 amide bonds. The summed E-state index contributed by atoms with van der Waals surface area (Å²) in [4.78, 5) is 20.1. The van der Waals surface area contributed by atoms with Gasteiger partial charge in [-0.3, -0.25) is 4.79 Å². The van der Waals surface area contributed by atoms with Crippen molar-refractivity contribution in [1.29, 1.82) is 0 Å². The molecule has 1 aromatic heterocycles. The zero-order valence-corrected chi connectivity index (χ0v) is 14.0. The summed E-state index contributed by atoms with van der Waals surface area (Å²) in [5, 5.41) is 1.66. The molecule has 0 aliphatic carbocycles. The van der Waals surface area contributed by atoms with Gasteiger partial charge in [0.15, 0.2) is 0 Å². The molecule has 1 aromatic carbocycles. The number of hydrogen-bond acceptors (Lipinski definition) is 3. The van der Waals surface area contributed by atoms with E-state index in [1.807, 2.05) is 29.2 Å². The first-order valence-corrected chi connectivity index (χ1v) is 7.98. The molecule has 0 atom stereocenters. The molecule has 1 fully saturated rings. The van der Waals surface area contributed by atoms with Crippen LogP contribution >= 0.6 is 27.5 Å². The molecule has 2 heterocycles. The summed E-state index contributed by atoms with van der Waals surface area (Å²) in [6, 6.07) is 7.90. The Hall–Kier alpha value is -1.33. The summed E-state index contributed by atoms with van der Waals surface area (Å²) >= 11 is 9.71. The molecule has 0 saturated carbocycles. The van der Waals surface area contributed by atoms with E-state index in [0.717, 1.165) is 47.4 Å². The van der Waals surface area contributed by atoms with Crippen LogP contribution in [0.5, 0.6) is 0 Å². The maximum atomic E-state index is 11.4. The highest BCUT2D eigenvalue weighted by atomic mass is 79.9. The molecule has 1 aliphatic rings. The summed E-state index contributed by atoms with van der Waals surface area (Å²) in [5.74, 6) is 1.05. The fourth-order valence-corrected chi connectivity index (χ4v) is 3.45. The average molecular weight is 369 g/mol. The van der Waals surface area contributed by atoms with E-state index in [9.17, 15) is 4.79 Å². The van der Waals surface area contributed by atoms with Crippen molar-refractivity contribution < 1.29 is 4.79 Å². The molecule has 21 heavy (non-hydrogen) atoms. The first kappa shape index (κ1) is 14.6. The number of rotatable bonds is 1. The topological polar surface area (TPSA) is 36.4 Å². The maximum absolute atomic E-state index is 11.4. The summed E-state index contributed by atoms with van der Waals surface area (Å²) in [7, 11) is 0. The Kier molecular flexibility index (Phi) is 4.04. The Morgan fingerprint density at radius 3 is 2.62 bits per heavy atom. The van der Waals surface area contributed by atoms with Crippen LogP contribution in [-0.2, 0) is 4.79 Å². The summed E-state index contributed by atoms with van der Waals surface area (Å²) in [6.07, 6.45) is 0. The van der Waals surface area contributed by atoms with Crippen molar-refractivity contribution in [2.45, 2.75) is 6.92 Å². The van der Waals surface area contributed by atoms with E-state index >= 15 is 0 Å². The van der Waals surface area contributed by atoms with Crippen LogP contribution in [0.15, 0.2) is 28.7 Å². The molecule has 4 nitrogen and oxygen atoms in total. The smallest absolute Gasteiger partial charge is 0.219 e. The van der Waals surface area contributed by atoms with E-state index in [-0.39, 0.29) is 5.91 Å². The monoisotopic (exact) mass is 367 g/mol. The number of carbonyl (C=O) groups excluding carboxylic acids is 1. The molecule has 110 valence electrons. The quantitative estimate of drug-likeness (QED) is 0.775. The first-order valence-electron chi connectivity index (χ1n) is 6.81. The Labute approximate surface area is 136 Å². The second kappa shape index (κ2) is 5.81. The van der Waals surface area contributed by atoms with Crippen molar-refractivity contribution in [3.63, 3.8) is 0 Å². The molecule has 1 aliphatic heterocycles. The number of nitrogens with zero attached hydrogens (tertiary/aromatic N) is 3. The number of benzene rings is 1. The van der Waals surface area contributed by atoms with Gasteiger partial charge in [0.05, 0.1) is 10.5 Å². The predicted molar refractivity (Wildman–Crippen MR) is 88.9 cm³/mol. The summed E-state index contributed by atoms with van der Waals surface area (Å²) in [5.41, 5.74) is 0.811. The van der Waals surface area contributed by atoms with E-state index in [4.69, 9.17) is 11.6 Å². The maximum Gasteiger partial charge on any atom is 0.219 e. The molecular weight excluding hydrogens is 354 g/mol. The van der Waals surface area contributed by atoms with Crippen LogP contribution in [0.3, 0.4) is 0 Å². The zero-order chi connectivity index (χ0) is 15.0. The number of anilines is 1. The van der Waals surface area contributed by atoms with E-state index < -0.39 is 0 Å². The normalized spacial score (nSPS) is 15.6. The van der Waals surface area contributed by atoms with Crippen molar-refractivity contribution in [2.75, 3.05) is 31.1 Å². The number of hydrogen-bond donors (Lipinski definition) is 0. The van der Waals surface area contributed by atoms with E-state index in [1.165, 1.54) is 0 Å². The van der Waals surface area contributed by atoms with Gasteiger partial charge < -0.3 is 9.80 Å². The Morgan fingerprint density at radius 2 is 1.95 bits per heavy atom. The van der Waals surface area contributed by atoms with Gasteiger partial charge in [0.25, 0.3) is 0 Å². The molecule has 0 bridgehead atoms. The summed E-state index contributed by atoms with van der Waals surface area (Å²) < 4.78 is 0.949. The van der Waals surface area contributed by atoms with Crippen molar-refractivity contribution in [1.82, 2.24) is 9.88 Å². The van der Waals surface area contributed by atoms with Gasteiger partial charge >= 0.3 is 0 Å². The molecule has 0 radical (unpaired) electrons. The van der Waals surface area contributed by atoms with E-state index in [1.54, 1.807) is 6.92 Å². The lowest BCUT2D eigenvalue weighted by atomic mass is 10.2. The molecule has 1 saturated heterocycles. The summed E-state index contributed by atoms with van der Waals surface area (Å²) in [6.45, 7) is 4.69. The number of piperazine rings is 1. The number of carbonyl (C=O) groups is 1. The highest BCUT2D eigenvalue weighted by Crippen LogP contribution is 2.28. The van der Waals surface area contributed by atoms with Crippen LogP contribution in [0.4, 0.5) is 5.82 Å². The number of aromatic nitrogens is 1. The SMILES string of the molecule is CC(=O)N1CCN(c2ccc3cc(Br)cc(Cl)c3n2)CC1. The largest absolute Gasteiger partial charge is 0.353 e. The van der Waals surface area contributed by atoms with Crippen LogP contribution in [0.25, 0.3) is 10.9 Å². The molecule has 0 spiro atoms. The molecule has 2 aromatic rings. The molecular formula is C15H15BrClN3O. The van der Waals surface area contributed by atoms with Crippen molar-refractivity contribution in [3.05, 3.63) is 33.8 Å². The minimum Gasteiger partial charge on any atom is -0.353 e. The lowest BCUT2D eigenvalue weighted by molar-refractivity contribution is -0.129. The molecule has 0 unspecified atom stereocenters. The van der Waals surface area contributed by atoms with Crippen LogP contribution in [0.1, 0.15) is 6.92 Å². The molecule has 3 rings (SSSR count). The third kappa shape index (κ3) is 2.99. The van der Waals surface area contributed by atoms with Crippen LogP contribution in [0, 0.1) is 0 Å². The lowest BCUT2D eigenvalue weighted by Crippen LogP contribution is -2.48. The third-order valence-corrected chi connectivity index (χ3v) is 4.49. The van der Waals surface area contributed by atoms with Crippen molar-refractivity contribution >= 4 is 50.2 Å². The minimum absolute atomic E-state index is 0.133. The van der Waals surface area contributed by atoms with Gasteiger partial charge in [-0.05, 0) is 24.3 Å². The Bertz CT molecular complexity index is 699. The van der Waals surface area contributed by atoms with Gasteiger partial charge in [0.2, 0.25) is 5.91 Å². The first-order chi connectivity index (χ1) is 10.0. The van der Waals surface area contributed by atoms with Gasteiger partial charge in [0.1, 0.15) is 5.82 Å². The van der Waals surface area contributed by atoms with Gasteiger partial charge in [-0.15, -0.1) is 0 Å². The average Bonchev–Trinajstić information content (AvgIpc) is 2.47. The van der Waals surface area contributed by atoms with Gasteiger partial charge in [-0.1, -0.05) is 27.5 Å². The Morgan fingerprint density at radius 1 is 1.24 bits per heavy atom. The second-order valence-corrected chi connectivity index (χ2v) is 6.44. The van der Waals surface area contributed by atoms with Crippen LogP contribution in [0.2, 0.25) is 5.02 Å². The van der Waals surface area contributed by atoms with E-state index in [2.05, 4.69) is 25.8 Å². The van der Waals surface area contributed by atoms with Gasteiger partial charge in [-0.25, -0.2) is 4.98 Å². The molecule has 0 N–H and O–H groups in total. The highest BCUT2D eigenvalue weighted by molar-refractivity contribution is 9.10. The number of fused-ring (bicyclic) bond motifs is 1. The van der Waals surface area contributed by atoms with Crippen molar-refractivity contribution in [3.8, 4) is 0 Å². The second-order valence-electron chi connectivity index (χ2n) is 5.12. The third-order valence-electron chi connectivity index (χ3n) is 3.74. The number of amides is 1. The van der Waals surface area contributed by atoms with E-state index in [0.29, 0.717) is 5.02 Å². The van der Waals surface area contributed by atoms with Crippen molar-refractivity contribution in [2.24, 2.45) is 0 Å². The van der Waals surface area contributed by atoms with Crippen LogP contribution < -0.4 is 4.90 Å². The van der Waals surface area contributed by atoms with Gasteiger partial charge in [0, 0.05) is 43.0 Å². The standard InChI is InChI=1S/C15H15BrClN3O/c1-10(21)19-4-6-20(7-5-19)14-3-2-11-8-12(16)9-13(17)15(11)18-14/h2-3,8-9H,4-7H2,1H3. The number of halogens is 2. The van der Waals surface area contributed by atoms with Crippen LogP contribution in [-0.4, -0.2) is 42.0 Å². The predicted octanol–water partition coefficient (Wildman–Crippen LogP) is 3.32. The Balaban J connectivity index is 1.87. The fraction of sp³-hybridized carbons (Fsp3) is 0.333. The number of pyridine rings is 1. The lowest BCUT2D eigenvalue weighted by Gasteiger charge is -2.35. The highest BCUT2D eigenvalue weighted by Gasteiger charge is 2.19. The molecule has 6 heteroatoms.